The van der Waals surface area contributed by atoms with E-state index in [1.165, 1.54) is 28.8 Å². The second kappa shape index (κ2) is 17.6. The van der Waals surface area contributed by atoms with Crippen molar-refractivity contribution in [1.82, 2.24) is 14.6 Å². The van der Waals surface area contributed by atoms with Gasteiger partial charge >= 0.3 is 0 Å². The normalized spacial score (nSPS) is 19.6. The van der Waals surface area contributed by atoms with Crippen molar-refractivity contribution in [3.63, 3.8) is 0 Å². The quantitative estimate of drug-likeness (QED) is 0.0559. The number of piperazine rings is 1. The molecule has 3 aliphatic rings. The Balaban J connectivity index is 1.01. The molecule has 3 heterocycles. The van der Waals surface area contributed by atoms with Gasteiger partial charge in [0.1, 0.15) is 17.2 Å². The van der Waals surface area contributed by atoms with Gasteiger partial charge in [-0.25, -0.2) is 13.1 Å². The van der Waals surface area contributed by atoms with Gasteiger partial charge in [-0.05, 0) is 103 Å². The van der Waals surface area contributed by atoms with Crippen LogP contribution in [0.1, 0.15) is 55.5 Å². The molecule has 328 valence electrons. The lowest BCUT2D eigenvalue weighted by Gasteiger charge is -2.39. The second-order valence-corrected chi connectivity index (χ2v) is 21.7. The first-order valence-electron chi connectivity index (χ1n) is 20.7. The molecule has 1 aliphatic carbocycles. The Morgan fingerprint density at radius 2 is 1.79 bits per heavy atom. The van der Waals surface area contributed by atoms with Gasteiger partial charge < -0.3 is 19.9 Å². The first kappa shape index (κ1) is 43.5. The third kappa shape index (κ3) is 9.90. The number of H-pyrrole nitrogens is 1. The summed E-state index contributed by atoms with van der Waals surface area (Å²) in [6.07, 6.45) is 5.51. The van der Waals surface area contributed by atoms with E-state index in [0.717, 1.165) is 79.7 Å². The third-order valence-corrected chi connectivity index (χ3v) is 15.6. The van der Waals surface area contributed by atoms with Crippen LogP contribution in [0.5, 0.6) is 11.5 Å². The van der Waals surface area contributed by atoms with Crippen LogP contribution in [0.2, 0.25) is 5.02 Å². The monoisotopic (exact) mass is 902 g/mol. The maximum absolute atomic E-state index is 14.0. The van der Waals surface area contributed by atoms with Crippen molar-refractivity contribution in [1.29, 1.82) is 0 Å². The molecular weight excluding hydrogens is 852 g/mol. The van der Waals surface area contributed by atoms with E-state index in [9.17, 15) is 32.4 Å². The van der Waals surface area contributed by atoms with E-state index >= 15 is 0 Å². The van der Waals surface area contributed by atoms with Crippen LogP contribution in [0.4, 0.5) is 17.1 Å². The van der Waals surface area contributed by atoms with E-state index in [4.69, 9.17) is 16.3 Å². The zero-order valence-corrected chi connectivity index (χ0v) is 37.0. The summed E-state index contributed by atoms with van der Waals surface area (Å²) in [6, 6.07) is 23.9. The number of amides is 1. The maximum atomic E-state index is 14.0. The maximum Gasteiger partial charge on any atom is 0.293 e. The Morgan fingerprint density at radius 1 is 1.02 bits per heavy atom. The molecule has 17 heteroatoms. The minimum atomic E-state index is -4.60. The zero-order chi connectivity index (χ0) is 43.8. The SMILES string of the molecule is CC1(C)CCC(CN2CCN(c3ccc(C(=O)NS(=O)(=O)c4ccc(NCC5CCS(O)(O)C5)c([N+](=O)[O-])c4)c(Oc4cccc5[nH]ccc45)c3)CC2)=C(c2ccc(Cl)cc2)C1. The summed E-state index contributed by atoms with van der Waals surface area (Å²) in [4.78, 5) is 32.7. The van der Waals surface area contributed by atoms with Gasteiger partial charge in [0, 0.05) is 90.7 Å². The summed E-state index contributed by atoms with van der Waals surface area (Å²) in [7, 11) is -7.26. The van der Waals surface area contributed by atoms with Crippen molar-refractivity contribution in [2.45, 2.75) is 44.4 Å². The van der Waals surface area contributed by atoms with Crippen LogP contribution in [-0.2, 0) is 10.0 Å². The van der Waals surface area contributed by atoms with Crippen molar-refractivity contribution in [2.24, 2.45) is 11.3 Å². The molecule has 1 unspecified atom stereocenters. The van der Waals surface area contributed by atoms with Gasteiger partial charge in [-0.3, -0.25) is 28.9 Å². The molecule has 2 fully saturated rings. The number of nitrogens with one attached hydrogen (secondary N) is 3. The number of benzene rings is 4. The lowest BCUT2D eigenvalue weighted by molar-refractivity contribution is -0.384. The molecule has 0 saturated carbocycles. The molecule has 8 rings (SSSR count). The van der Waals surface area contributed by atoms with E-state index in [2.05, 4.69) is 50.8 Å². The smallest absolute Gasteiger partial charge is 0.293 e. The number of sulfonamides is 1. The molecule has 2 saturated heterocycles. The van der Waals surface area contributed by atoms with E-state index in [-0.39, 0.29) is 46.4 Å². The van der Waals surface area contributed by atoms with Crippen LogP contribution >= 0.6 is 22.2 Å². The number of rotatable bonds is 13. The number of carbonyl (C=O) groups excluding carboxylic acids is 1. The van der Waals surface area contributed by atoms with E-state index in [0.29, 0.717) is 12.2 Å². The Hall–Kier alpha value is -5.10. The number of halogens is 1. The largest absolute Gasteiger partial charge is 0.456 e. The summed E-state index contributed by atoms with van der Waals surface area (Å²) in [5.41, 5.74) is 5.47. The number of fused-ring (bicyclic) bond motifs is 1. The molecule has 5 N–H and O–H groups in total. The summed E-state index contributed by atoms with van der Waals surface area (Å²) in [6.45, 7) is 8.84. The minimum Gasteiger partial charge on any atom is -0.456 e. The fourth-order valence-corrected chi connectivity index (χ4v) is 11.7. The van der Waals surface area contributed by atoms with E-state index < -0.39 is 42.0 Å². The highest BCUT2D eigenvalue weighted by Crippen LogP contribution is 2.48. The van der Waals surface area contributed by atoms with Gasteiger partial charge in [-0.2, -0.15) is 10.6 Å². The summed E-state index contributed by atoms with van der Waals surface area (Å²) in [5, 5.41) is 16.5. The summed E-state index contributed by atoms with van der Waals surface area (Å²) >= 11 is 6.24. The van der Waals surface area contributed by atoms with Crippen LogP contribution in [0.15, 0.2) is 102 Å². The van der Waals surface area contributed by atoms with Crippen molar-refractivity contribution < 1.29 is 32.0 Å². The molecule has 1 atom stereocenters. The Bertz CT molecular complexity index is 2640. The van der Waals surface area contributed by atoms with E-state index in [1.807, 2.05) is 30.3 Å². The molecule has 0 bridgehead atoms. The third-order valence-electron chi connectivity index (χ3n) is 12.2. The predicted molar refractivity (Wildman–Crippen MR) is 246 cm³/mol. The van der Waals surface area contributed by atoms with Crippen molar-refractivity contribution in [3.05, 3.63) is 123 Å². The van der Waals surface area contributed by atoms with Gasteiger partial charge in [0.05, 0.1) is 15.4 Å². The predicted octanol–water partition coefficient (Wildman–Crippen LogP) is 9.61. The van der Waals surface area contributed by atoms with Gasteiger partial charge in [0.2, 0.25) is 0 Å². The van der Waals surface area contributed by atoms with Crippen molar-refractivity contribution in [3.8, 4) is 11.5 Å². The van der Waals surface area contributed by atoms with Gasteiger partial charge in [0.25, 0.3) is 21.6 Å². The molecule has 0 spiro atoms. The molecule has 14 nitrogen and oxygen atoms in total. The van der Waals surface area contributed by atoms with Gasteiger partial charge in [0.15, 0.2) is 0 Å². The van der Waals surface area contributed by atoms with Crippen LogP contribution in [0.3, 0.4) is 0 Å². The molecular formula is C45H51ClN6O8S2. The Kier molecular flexibility index (Phi) is 12.3. The highest BCUT2D eigenvalue weighted by atomic mass is 35.5. The van der Waals surface area contributed by atoms with Crippen molar-refractivity contribution >= 4 is 71.7 Å². The summed E-state index contributed by atoms with van der Waals surface area (Å²) in [5.74, 6) is -0.000294. The highest BCUT2D eigenvalue weighted by Gasteiger charge is 2.32. The second-order valence-electron chi connectivity index (χ2n) is 17.3. The number of allylic oxidation sites excluding steroid dienone is 1. The lowest BCUT2D eigenvalue weighted by atomic mass is 9.72. The van der Waals surface area contributed by atoms with Gasteiger partial charge in [-0.1, -0.05) is 49.2 Å². The molecule has 2 aliphatic heterocycles. The molecule has 0 radical (unpaired) electrons. The molecule has 5 aromatic rings. The Morgan fingerprint density at radius 3 is 2.52 bits per heavy atom. The van der Waals surface area contributed by atoms with Crippen LogP contribution in [-0.4, -0.2) is 89.0 Å². The van der Waals surface area contributed by atoms with Crippen LogP contribution in [0.25, 0.3) is 16.5 Å². The number of anilines is 2. The highest BCUT2D eigenvalue weighted by molar-refractivity contribution is 8.24. The number of hydrogen-bond donors (Lipinski definition) is 5. The molecule has 4 aromatic carbocycles. The lowest BCUT2D eigenvalue weighted by Crippen LogP contribution is -2.47. The number of aromatic nitrogens is 1. The first-order valence-corrected chi connectivity index (χ1v) is 24.4. The number of nitro benzene ring substituents is 1. The average molecular weight is 904 g/mol. The minimum absolute atomic E-state index is 0.0410. The topological polar surface area (TPSA) is 190 Å². The van der Waals surface area contributed by atoms with Crippen LogP contribution in [0, 0.1) is 21.4 Å². The zero-order valence-electron chi connectivity index (χ0n) is 34.6. The standard InChI is InChI=1S/C45H51ClN6O8S2/c1-45(2)17-14-32(38(26-45)31-6-8-33(46)9-7-31)28-50-19-21-51(22-20-50)34-10-12-37(43(24-34)60-42-5-3-4-39-36(42)15-18-47-39)44(53)49-62(58,59)35-11-13-40(41(25-35)52(54)55)48-27-30-16-23-61(56,57)29-30/h3-13,15,18,24-25,30,47-48,56-57H,14,16-17,19-23,26-29H2,1-2H3,(H,49,53). The van der Waals surface area contributed by atoms with Crippen LogP contribution < -0.4 is 19.7 Å². The number of nitro groups is 1. The number of carbonyl (C=O) groups is 1. The van der Waals surface area contributed by atoms with Gasteiger partial charge in [-0.15, -0.1) is 0 Å². The number of hydrogen-bond acceptors (Lipinski definition) is 11. The summed E-state index contributed by atoms with van der Waals surface area (Å²) < 4.78 is 55.9. The fourth-order valence-electron chi connectivity index (χ4n) is 8.67. The number of aromatic amines is 1. The van der Waals surface area contributed by atoms with Crippen molar-refractivity contribution in [2.75, 3.05) is 61.0 Å². The molecule has 62 heavy (non-hydrogen) atoms. The molecule has 1 aromatic heterocycles. The number of ether oxygens (including phenoxy) is 1. The molecule has 1 amide bonds. The van der Waals surface area contributed by atoms with E-state index in [1.54, 1.807) is 30.5 Å². The fraction of sp³-hybridized carbons (Fsp3) is 0.356. The Labute approximate surface area is 367 Å². The average Bonchev–Trinajstić information content (AvgIpc) is 3.87. The number of nitrogens with zero attached hydrogens (tertiary/aromatic N) is 3. The first-order chi connectivity index (χ1) is 29.5.